The number of carbonyl (C=O) groups is 1. The number of carbonyl (C=O) groups excluding carboxylic acids is 1. The van der Waals surface area contributed by atoms with Crippen LogP contribution in [-0.4, -0.2) is 34.0 Å². The van der Waals surface area contributed by atoms with Crippen molar-refractivity contribution in [2.45, 2.75) is 11.7 Å². The first-order chi connectivity index (χ1) is 10.2. The molecule has 7 nitrogen and oxygen atoms in total. The summed E-state index contributed by atoms with van der Waals surface area (Å²) < 4.78 is 5.11. The Bertz CT molecular complexity index is 674. The Kier molecular flexibility index (Phi) is 5.33. The summed E-state index contributed by atoms with van der Waals surface area (Å²) in [6, 6.07) is 7.45. The molecule has 0 saturated carbocycles. The fourth-order valence-corrected chi connectivity index (χ4v) is 2.18. The van der Waals surface area contributed by atoms with E-state index in [-0.39, 0.29) is 17.2 Å². The van der Waals surface area contributed by atoms with Crippen LogP contribution in [0.2, 0.25) is 0 Å². The fraction of sp³-hybridized carbons (Fsp3) is 0.231. The summed E-state index contributed by atoms with van der Waals surface area (Å²) in [5.41, 5.74) is 0.602. The van der Waals surface area contributed by atoms with Gasteiger partial charge in [-0.15, -0.1) is 5.10 Å². The Morgan fingerprint density at radius 3 is 3.10 bits per heavy atom. The molecule has 1 aromatic carbocycles. The van der Waals surface area contributed by atoms with E-state index in [0.29, 0.717) is 11.7 Å². The Labute approximate surface area is 125 Å². The fourth-order valence-electron chi connectivity index (χ4n) is 1.53. The number of hydrogen-bond acceptors (Lipinski definition) is 6. The molecule has 1 heterocycles. The zero-order valence-corrected chi connectivity index (χ0v) is 12.1. The van der Waals surface area contributed by atoms with E-state index in [0.717, 1.165) is 29.3 Å². The third-order valence-corrected chi connectivity index (χ3v) is 3.38. The van der Waals surface area contributed by atoms with Crippen molar-refractivity contribution in [3.63, 3.8) is 0 Å². The van der Waals surface area contributed by atoms with Crippen molar-refractivity contribution in [2.75, 3.05) is 12.9 Å². The molecule has 1 aromatic heterocycles. The summed E-state index contributed by atoms with van der Waals surface area (Å²) in [5, 5.41) is 10.3. The number of methoxy groups -OCH3 is 1. The van der Waals surface area contributed by atoms with Gasteiger partial charge in [-0.25, -0.2) is 0 Å². The molecule has 0 radical (unpaired) electrons. The number of aromatic nitrogens is 3. The van der Waals surface area contributed by atoms with E-state index in [1.807, 2.05) is 24.3 Å². The number of H-pyrrole nitrogens is 1. The lowest BCUT2D eigenvalue weighted by Crippen LogP contribution is -2.24. The standard InChI is InChI=1S/C13H14N4O3S/c1-20-10-4-2-3-9(5-10)6-14-12(19)8-21-13-16-11(18)7-15-17-13/h2-5,7H,6,8H2,1H3,(H,14,19)(H,16,17,18). The minimum absolute atomic E-state index is 0.151. The van der Waals surface area contributed by atoms with E-state index in [9.17, 15) is 9.59 Å². The van der Waals surface area contributed by atoms with Gasteiger partial charge in [-0.3, -0.25) is 14.6 Å². The first-order valence-electron chi connectivity index (χ1n) is 6.12. The lowest BCUT2D eigenvalue weighted by molar-refractivity contribution is -0.118. The van der Waals surface area contributed by atoms with Crippen LogP contribution in [0.1, 0.15) is 5.56 Å². The highest BCUT2D eigenvalue weighted by Gasteiger charge is 2.05. The van der Waals surface area contributed by atoms with Crippen molar-refractivity contribution >= 4 is 17.7 Å². The van der Waals surface area contributed by atoms with Crippen molar-refractivity contribution in [3.05, 3.63) is 46.4 Å². The van der Waals surface area contributed by atoms with Crippen molar-refractivity contribution in [1.29, 1.82) is 0 Å². The van der Waals surface area contributed by atoms with Gasteiger partial charge in [0.2, 0.25) is 5.91 Å². The molecule has 0 atom stereocenters. The zero-order chi connectivity index (χ0) is 15.1. The number of benzene rings is 1. The summed E-state index contributed by atoms with van der Waals surface area (Å²) in [6.07, 6.45) is 1.08. The number of ether oxygens (including phenoxy) is 1. The van der Waals surface area contributed by atoms with E-state index in [1.54, 1.807) is 7.11 Å². The predicted octanol–water partition coefficient (Wildman–Crippen LogP) is 0.582. The average molecular weight is 306 g/mol. The number of aromatic amines is 1. The molecule has 21 heavy (non-hydrogen) atoms. The number of nitrogens with zero attached hydrogens (tertiary/aromatic N) is 2. The molecule has 0 saturated heterocycles. The van der Waals surface area contributed by atoms with Crippen LogP contribution in [-0.2, 0) is 11.3 Å². The van der Waals surface area contributed by atoms with Crippen LogP contribution in [0.4, 0.5) is 0 Å². The van der Waals surface area contributed by atoms with Crippen molar-refractivity contribution in [3.8, 4) is 5.75 Å². The molecule has 110 valence electrons. The maximum absolute atomic E-state index is 11.7. The molecular formula is C13H14N4O3S. The molecule has 2 rings (SSSR count). The summed E-state index contributed by atoms with van der Waals surface area (Å²) in [7, 11) is 1.59. The second-order valence-electron chi connectivity index (χ2n) is 4.06. The number of amides is 1. The van der Waals surface area contributed by atoms with Gasteiger partial charge in [-0.2, -0.15) is 5.10 Å². The molecule has 0 spiro atoms. The van der Waals surface area contributed by atoms with Crippen LogP contribution >= 0.6 is 11.8 Å². The Morgan fingerprint density at radius 1 is 1.48 bits per heavy atom. The van der Waals surface area contributed by atoms with Crippen LogP contribution in [0.25, 0.3) is 0 Å². The highest BCUT2D eigenvalue weighted by atomic mass is 32.2. The van der Waals surface area contributed by atoms with Crippen LogP contribution in [0.3, 0.4) is 0 Å². The van der Waals surface area contributed by atoms with Gasteiger partial charge < -0.3 is 10.1 Å². The highest BCUT2D eigenvalue weighted by Crippen LogP contribution is 2.12. The van der Waals surface area contributed by atoms with Gasteiger partial charge in [0, 0.05) is 6.54 Å². The number of thioether (sulfide) groups is 1. The molecule has 0 bridgehead atoms. The quantitative estimate of drug-likeness (QED) is 0.758. The van der Waals surface area contributed by atoms with Crippen LogP contribution in [0, 0.1) is 0 Å². The molecule has 0 unspecified atom stereocenters. The molecule has 1 amide bonds. The number of rotatable bonds is 6. The normalized spacial score (nSPS) is 10.1. The average Bonchev–Trinajstić information content (AvgIpc) is 2.51. The second-order valence-corrected chi connectivity index (χ2v) is 5.02. The van der Waals surface area contributed by atoms with Crippen molar-refractivity contribution in [1.82, 2.24) is 20.5 Å². The molecule has 0 aliphatic rings. The van der Waals surface area contributed by atoms with Gasteiger partial charge in [-0.05, 0) is 17.7 Å². The zero-order valence-electron chi connectivity index (χ0n) is 11.3. The number of nitrogens with one attached hydrogen (secondary N) is 2. The van der Waals surface area contributed by atoms with Gasteiger partial charge >= 0.3 is 0 Å². The van der Waals surface area contributed by atoms with E-state index >= 15 is 0 Å². The van der Waals surface area contributed by atoms with E-state index < -0.39 is 0 Å². The summed E-state index contributed by atoms with van der Waals surface area (Å²) in [6.45, 7) is 0.410. The summed E-state index contributed by atoms with van der Waals surface area (Å²) >= 11 is 1.12. The Balaban J connectivity index is 1.80. The maximum Gasteiger partial charge on any atom is 0.270 e. The molecule has 2 N–H and O–H groups in total. The minimum atomic E-state index is -0.343. The molecular weight excluding hydrogens is 292 g/mol. The first-order valence-corrected chi connectivity index (χ1v) is 7.10. The highest BCUT2D eigenvalue weighted by molar-refractivity contribution is 7.99. The Hall–Kier alpha value is -2.35. The monoisotopic (exact) mass is 306 g/mol. The predicted molar refractivity (Wildman–Crippen MR) is 78.2 cm³/mol. The molecule has 2 aromatic rings. The third kappa shape index (κ3) is 4.92. The Morgan fingerprint density at radius 2 is 2.33 bits per heavy atom. The van der Waals surface area contributed by atoms with Crippen molar-refractivity contribution < 1.29 is 9.53 Å². The lowest BCUT2D eigenvalue weighted by Gasteiger charge is -2.06. The first kappa shape index (κ1) is 15.0. The van der Waals surface area contributed by atoms with Crippen molar-refractivity contribution in [2.24, 2.45) is 0 Å². The van der Waals surface area contributed by atoms with Gasteiger partial charge in [0.1, 0.15) is 11.9 Å². The SMILES string of the molecule is COc1cccc(CNC(=O)CSc2nncc(=O)[nH]2)c1. The van der Waals surface area contributed by atoms with Crippen LogP contribution in [0.15, 0.2) is 40.4 Å². The topological polar surface area (TPSA) is 97.0 Å². The third-order valence-electron chi connectivity index (χ3n) is 2.52. The van der Waals surface area contributed by atoms with E-state index in [2.05, 4.69) is 20.5 Å². The largest absolute Gasteiger partial charge is 0.497 e. The number of hydrogen-bond donors (Lipinski definition) is 2. The lowest BCUT2D eigenvalue weighted by atomic mass is 10.2. The van der Waals surface area contributed by atoms with Crippen LogP contribution in [0.5, 0.6) is 5.75 Å². The smallest absolute Gasteiger partial charge is 0.270 e. The van der Waals surface area contributed by atoms with Gasteiger partial charge in [0.25, 0.3) is 5.56 Å². The maximum atomic E-state index is 11.7. The van der Waals surface area contributed by atoms with Gasteiger partial charge in [-0.1, -0.05) is 23.9 Å². The van der Waals surface area contributed by atoms with E-state index in [1.165, 1.54) is 0 Å². The van der Waals surface area contributed by atoms with Crippen LogP contribution < -0.4 is 15.6 Å². The second kappa shape index (κ2) is 7.44. The molecule has 0 aliphatic heterocycles. The van der Waals surface area contributed by atoms with Gasteiger partial charge in [0.15, 0.2) is 5.16 Å². The minimum Gasteiger partial charge on any atom is -0.497 e. The molecule has 0 aliphatic carbocycles. The molecule has 0 fully saturated rings. The van der Waals surface area contributed by atoms with E-state index in [4.69, 9.17) is 4.74 Å². The van der Waals surface area contributed by atoms with Gasteiger partial charge in [0.05, 0.1) is 12.9 Å². The molecule has 8 heteroatoms. The summed E-state index contributed by atoms with van der Waals surface area (Å²) in [5.74, 6) is 0.737. The summed E-state index contributed by atoms with van der Waals surface area (Å²) in [4.78, 5) is 25.2.